The Balaban J connectivity index is 4.26. The predicted octanol–water partition coefficient (Wildman–Crippen LogP) is 2.12. The van der Waals surface area contributed by atoms with E-state index in [0.717, 1.165) is 24.0 Å². The molecule has 0 saturated heterocycles. The molecule has 6 nitrogen and oxygen atoms in total. The molecule has 0 aromatic carbocycles. The van der Waals surface area contributed by atoms with Gasteiger partial charge in [-0.25, -0.2) is 15.0 Å². The molecule has 1 N–H and O–H groups in total. The molecular weight excluding hydrogens is 338 g/mol. The molecule has 0 saturated carbocycles. The summed E-state index contributed by atoms with van der Waals surface area (Å²) in [4.78, 5) is 16.0. The largest absolute Gasteiger partial charge is 0.355 e. The first-order chi connectivity index (χ1) is 11.1. The maximum absolute atomic E-state index is 12.4. The fourth-order valence-electron chi connectivity index (χ4n) is 3.02. The van der Waals surface area contributed by atoms with E-state index in [1.807, 2.05) is 27.7 Å². The third-order valence-corrected chi connectivity index (χ3v) is 5.33. The first kappa shape index (κ1) is 23.9. The van der Waals surface area contributed by atoms with Gasteiger partial charge in [0.15, 0.2) is 0 Å². The minimum absolute atomic E-state index is 0.0217. The van der Waals surface area contributed by atoms with Crippen molar-refractivity contribution in [2.75, 3.05) is 45.7 Å². The molecule has 0 heterocycles. The van der Waals surface area contributed by atoms with Crippen molar-refractivity contribution >= 4 is 15.7 Å². The van der Waals surface area contributed by atoms with E-state index in [2.05, 4.69) is 24.3 Å². The van der Waals surface area contributed by atoms with Crippen LogP contribution in [0.3, 0.4) is 0 Å². The Morgan fingerprint density at radius 2 is 1.64 bits per heavy atom. The number of rotatable bonds is 11. The van der Waals surface area contributed by atoms with Gasteiger partial charge < -0.3 is 14.6 Å². The van der Waals surface area contributed by atoms with E-state index >= 15 is 0 Å². The van der Waals surface area contributed by atoms with Gasteiger partial charge in [-0.1, -0.05) is 13.8 Å². The van der Waals surface area contributed by atoms with Crippen molar-refractivity contribution in [1.29, 1.82) is 0 Å². The highest BCUT2D eigenvalue weighted by Gasteiger charge is 2.38. The molecule has 0 rings (SSSR count). The summed E-state index contributed by atoms with van der Waals surface area (Å²) in [5, 5.41) is 2.97. The van der Waals surface area contributed by atoms with Crippen LogP contribution < -0.4 is 5.32 Å². The highest BCUT2D eigenvalue weighted by atomic mass is 32.2. The van der Waals surface area contributed by atoms with Gasteiger partial charge in [-0.05, 0) is 0 Å². The minimum Gasteiger partial charge on any atom is -0.355 e. The zero-order valence-electron chi connectivity index (χ0n) is 17.0. The number of sulfone groups is 1. The smallest absolute Gasteiger partial charge is 0.228 e. The van der Waals surface area contributed by atoms with Gasteiger partial charge in [0.1, 0.15) is 9.84 Å². The summed E-state index contributed by atoms with van der Waals surface area (Å²) >= 11 is 0. The van der Waals surface area contributed by atoms with Crippen molar-refractivity contribution in [1.82, 2.24) is 5.32 Å². The maximum Gasteiger partial charge on any atom is 0.228 e. The van der Waals surface area contributed by atoms with Crippen LogP contribution in [0.25, 0.3) is 4.85 Å². The zero-order chi connectivity index (χ0) is 19.9. The van der Waals surface area contributed by atoms with E-state index in [4.69, 9.17) is 6.57 Å². The van der Waals surface area contributed by atoms with Gasteiger partial charge in [-0.15, -0.1) is 0 Å². The van der Waals surface area contributed by atoms with Crippen LogP contribution in [0.15, 0.2) is 0 Å². The predicted molar refractivity (Wildman–Crippen MR) is 103 cm³/mol. The number of hydrogen-bond donors (Lipinski definition) is 1. The Labute approximate surface area is 154 Å². The van der Waals surface area contributed by atoms with Crippen LogP contribution in [-0.4, -0.2) is 70.1 Å². The van der Waals surface area contributed by atoms with Gasteiger partial charge in [-0.3, -0.25) is 4.79 Å². The number of hydrogen-bond acceptors (Lipinski definition) is 3. The lowest BCUT2D eigenvalue weighted by molar-refractivity contribution is -0.890. The van der Waals surface area contributed by atoms with Crippen LogP contribution in [-0.2, 0) is 14.6 Å². The van der Waals surface area contributed by atoms with Crippen LogP contribution in [0.2, 0.25) is 0 Å². The Morgan fingerprint density at radius 1 is 1.12 bits per heavy atom. The normalized spacial score (nSPS) is 13.4. The molecule has 7 heteroatoms. The fraction of sp³-hybridized carbons (Fsp3) is 0.889. The average Bonchev–Trinajstić information content (AvgIpc) is 2.40. The van der Waals surface area contributed by atoms with Crippen LogP contribution in [0, 0.1) is 12.0 Å². The number of nitrogens with zero attached hydrogens (tertiary/aromatic N) is 2. The van der Waals surface area contributed by atoms with Crippen molar-refractivity contribution < 1.29 is 17.7 Å². The Bertz CT molecular complexity index is 587. The van der Waals surface area contributed by atoms with Gasteiger partial charge in [0.2, 0.25) is 11.4 Å². The number of nitrogens with one attached hydrogen (secondary N) is 1. The molecule has 0 aromatic rings. The van der Waals surface area contributed by atoms with Crippen LogP contribution in [0.1, 0.15) is 47.0 Å². The molecule has 0 atom stereocenters. The quantitative estimate of drug-likeness (QED) is 0.342. The molecule has 0 aliphatic rings. The Morgan fingerprint density at radius 3 is 2.12 bits per heavy atom. The van der Waals surface area contributed by atoms with Gasteiger partial charge >= 0.3 is 0 Å². The summed E-state index contributed by atoms with van der Waals surface area (Å²) in [6.07, 6.45) is 3.26. The summed E-state index contributed by atoms with van der Waals surface area (Å²) in [5.74, 6) is 0.197. The van der Waals surface area contributed by atoms with Crippen molar-refractivity contribution in [3.63, 3.8) is 0 Å². The molecule has 146 valence electrons. The molecule has 0 bridgehead atoms. The monoisotopic (exact) mass is 374 g/mol. The third-order valence-electron chi connectivity index (χ3n) is 4.30. The lowest BCUT2D eigenvalue weighted by atomic mass is 9.79. The SMILES string of the molecule is [C-]#[N+]C(C)(C)CC(C)(C)C(=O)NCCC[N+](C)(C)CCCS(C)(=O)=O. The van der Waals surface area contributed by atoms with Gasteiger partial charge in [0, 0.05) is 45.9 Å². The Hall–Kier alpha value is -1.13. The fourth-order valence-corrected chi connectivity index (χ4v) is 3.67. The van der Waals surface area contributed by atoms with Crippen molar-refractivity contribution in [3.8, 4) is 0 Å². The third kappa shape index (κ3) is 11.2. The lowest BCUT2D eigenvalue weighted by Crippen LogP contribution is -2.44. The summed E-state index contributed by atoms with van der Waals surface area (Å²) in [6, 6.07) is 0. The van der Waals surface area contributed by atoms with Crippen LogP contribution in [0.5, 0.6) is 0 Å². The minimum atomic E-state index is -2.90. The van der Waals surface area contributed by atoms with Gasteiger partial charge in [0.25, 0.3) is 0 Å². The summed E-state index contributed by atoms with van der Waals surface area (Å²) < 4.78 is 23.1. The molecule has 0 unspecified atom stereocenters. The number of amides is 1. The maximum atomic E-state index is 12.4. The topological polar surface area (TPSA) is 67.6 Å². The molecule has 0 aliphatic heterocycles. The van der Waals surface area contributed by atoms with Crippen molar-refractivity contribution in [2.24, 2.45) is 5.41 Å². The highest BCUT2D eigenvalue weighted by Crippen LogP contribution is 2.30. The standard InChI is InChI=1S/C18H35N3O3S/c1-17(2,15-18(3,4)19-5)16(22)20-11-9-12-21(6,7)13-10-14-25(8,23)24/h9-15H2,1-4,6-8H3/p+1. The molecule has 0 fully saturated rings. The molecule has 0 radical (unpaired) electrons. The van der Waals surface area contributed by atoms with E-state index in [9.17, 15) is 13.2 Å². The highest BCUT2D eigenvalue weighted by molar-refractivity contribution is 7.90. The molecule has 1 amide bonds. The molecular formula is C18H36N3O3S+. The average molecular weight is 375 g/mol. The summed E-state index contributed by atoms with van der Waals surface area (Å²) in [7, 11) is 1.25. The van der Waals surface area contributed by atoms with E-state index in [-0.39, 0.29) is 11.7 Å². The van der Waals surface area contributed by atoms with E-state index in [1.165, 1.54) is 6.26 Å². The number of carbonyl (C=O) groups excluding carboxylic acids is 1. The van der Waals surface area contributed by atoms with Crippen LogP contribution in [0.4, 0.5) is 0 Å². The van der Waals surface area contributed by atoms with E-state index < -0.39 is 20.8 Å². The van der Waals surface area contributed by atoms with Gasteiger partial charge in [-0.2, -0.15) is 0 Å². The van der Waals surface area contributed by atoms with E-state index in [0.29, 0.717) is 19.4 Å². The number of carbonyl (C=O) groups is 1. The lowest BCUT2D eigenvalue weighted by Gasteiger charge is -2.30. The summed E-state index contributed by atoms with van der Waals surface area (Å²) in [5.41, 5.74) is -1.12. The molecule has 0 spiro atoms. The molecule has 0 aromatic heterocycles. The van der Waals surface area contributed by atoms with Crippen molar-refractivity contribution in [2.45, 2.75) is 52.5 Å². The molecule has 0 aliphatic carbocycles. The van der Waals surface area contributed by atoms with Gasteiger partial charge in [0.05, 0.1) is 38.4 Å². The first-order valence-electron chi connectivity index (χ1n) is 8.77. The second-order valence-corrected chi connectivity index (χ2v) is 11.2. The zero-order valence-corrected chi connectivity index (χ0v) is 17.8. The molecule has 25 heavy (non-hydrogen) atoms. The second-order valence-electron chi connectivity index (χ2n) is 8.96. The van der Waals surface area contributed by atoms with E-state index in [1.54, 1.807) is 0 Å². The van der Waals surface area contributed by atoms with Crippen LogP contribution >= 0.6 is 0 Å². The second kappa shape index (κ2) is 9.00. The Kier molecular flexibility index (Phi) is 8.59. The van der Waals surface area contributed by atoms with Crippen molar-refractivity contribution in [3.05, 3.63) is 11.4 Å². The number of quaternary nitrogens is 1. The first-order valence-corrected chi connectivity index (χ1v) is 10.8. The summed E-state index contributed by atoms with van der Waals surface area (Å²) in [6.45, 7) is 16.9.